The van der Waals surface area contributed by atoms with E-state index in [-0.39, 0.29) is 17.9 Å². The molecule has 1 aromatic heterocycles. The molecule has 2 amide bonds. The third-order valence-electron chi connectivity index (χ3n) is 4.68. The monoisotopic (exact) mass is 353 g/mol. The van der Waals surface area contributed by atoms with Crippen LogP contribution < -0.4 is 11.1 Å². The number of rotatable bonds is 6. The highest BCUT2D eigenvalue weighted by atomic mass is 16.2. The molecule has 0 spiro atoms. The minimum Gasteiger partial charge on any atom is -0.349 e. The predicted octanol–water partition coefficient (Wildman–Crippen LogP) is 0.542. The molecule has 2 heterocycles. The van der Waals surface area contributed by atoms with Gasteiger partial charge in [0, 0.05) is 19.2 Å². The number of hydrogen-bond donors (Lipinski definition) is 2. The topological polar surface area (TPSA) is 89.9 Å². The van der Waals surface area contributed by atoms with Crippen molar-refractivity contribution >= 4 is 11.8 Å². The number of amides is 2. The molecule has 2 aromatic rings. The largest absolute Gasteiger partial charge is 0.349 e. The number of nitrogens with zero attached hydrogens (tertiary/aromatic N) is 2. The van der Waals surface area contributed by atoms with Gasteiger partial charge in [0.1, 0.15) is 6.04 Å². The molecule has 6 nitrogen and oxygen atoms in total. The quantitative estimate of drug-likeness (QED) is 0.794. The Balaban J connectivity index is 1.58. The highest BCUT2D eigenvalue weighted by Gasteiger charge is 2.37. The molecule has 136 valence electrons. The second-order valence-electron chi connectivity index (χ2n) is 6.62. The van der Waals surface area contributed by atoms with Crippen LogP contribution in [0.1, 0.15) is 24.1 Å². The molecule has 2 atom stereocenters. The molecule has 1 aliphatic heterocycles. The molecule has 26 heavy (non-hydrogen) atoms. The van der Waals surface area contributed by atoms with Crippen LogP contribution in [0.15, 0.2) is 54.7 Å². The molecular formula is C20H25N4O2+. The Kier molecular flexibility index (Phi) is 5.96. The molecule has 1 fully saturated rings. The summed E-state index contributed by atoms with van der Waals surface area (Å²) in [6.45, 7) is 0.983. The average molecular weight is 353 g/mol. The zero-order valence-corrected chi connectivity index (χ0v) is 14.8. The summed E-state index contributed by atoms with van der Waals surface area (Å²) < 4.78 is 0. The van der Waals surface area contributed by atoms with Crippen LogP contribution in [-0.2, 0) is 22.6 Å². The van der Waals surface area contributed by atoms with Crippen LogP contribution in [0, 0.1) is 0 Å². The van der Waals surface area contributed by atoms with Gasteiger partial charge in [0.05, 0.1) is 12.2 Å². The summed E-state index contributed by atoms with van der Waals surface area (Å²) in [4.78, 5) is 31.3. The minimum atomic E-state index is -0.411. The standard InChI is InChI=1S/C20H24N4O2/c21-17(13-15-7-2-1-3-8-15)20(26)24-12-6-10-18(24)19(25)23-14-16-9-4-5-11-22-16/h1-5,7-9,11,17-18H,6,10,12-14,21H2,(H,23,25)/p+1/t17-,18+/m1/s1. The molecule has 1 aromatic carbocycles. The summed E-state index contributed by atoms with van der Waals surface area (Å²) in [5.74, 6) is -0.169. The fourth-order valence-corrected chi connectivity index (χ4v) is 3.32. The first-order valence-corrected chi connectivity index (χ1v) is 9.00. The SMILES string of the molecule is [NH3+][C@H](Cc1ccccc1)C(=O)N1CCC[C@H]1C(=O)NCc1ccccn1. The maximum atomic E-state index is 12.8. The molecular weight excluding hydrogens is 328 g/mol. The van der Waals surface area contributed by atoms with Crippen molar-refractivity contribution in [2.45, 2.75) is 37.9 Å². The van der Waals surface area contributed by atoms with Crippen LogP contribution in [0.5, 0.6) is 0 Å². The molecule has 1 saturated heterocycles. The van der Waals surface area contributed by atoms with Gasteiger partial charge in [0.2, 0.25) is 5.91 Å². The summed E-state index contributed by atoms with van der Waals surface area (Å²) >= 11 is 0. The summed E-state index contributed by atoms with van der Waals surface area (Å²) in [6, 6.07) is 14.6. The maximum Gasteiger partial charge on any atom is 0.281 e. The summed E-state index contributed by atoms with van der Waals surface area (Å²) in [7, 11) is 0. The Bertz CT molecular complexity index is 736. The average Bonchev–Trinajstić information content (AvgIpc) is 3.17. The van der Waals surface area contributed by atoms with Crippen molar-refractivity contribution in [3.8, 4) is 0 Å². The lowest BCUT2D eigenvalue weighted by Gasteiger charge is -2.25. The van der Waals surface area contributed by atoms with E-state index in [1.807, 2.05) is 48.5 Å². The summed E-state index contributed by atoms with van der Waals surface area (Å²) in [5, 5.41) is 2.90. The number of benzene rings is 1. The third-order valence-corrected chi connectivity index (χ3v) is 4.68. The zero-order valence-electron chi connectivity index (χ0n) is 14.8. The summed E-state index contributed by atoms with van der Waals surface area (Å²) in [6.07, 6.45) is 3.81. The van der Waals surface area contributed by atoms with Crippen molar-refractivity contribution < 1.29 is 15.3 Å². The fraction of sp³-hybridized carbons (Fsp3) is 0.350. The van der Waals surface area contributed by atoms with E-state index >= 15 is 0 Å². The van der Waals surface area contributed by atoms with Crippen molar-refractivity contribution in [1.82, 2.24) is 15.2 Å². The number of carbonyl (C=O) groups is 2. The highest BCUT2D eigenvalue weighted by molar-refractivity contribution is 5.89. The van der Waals surface area contributed by atoms with Crippen molar-refractivity contribution in [2.75, 3.05) is 6.54 Å². The van der Waals surface area contributed by atoms with Gasteiger partial charge in [-0.2, -0.15) is 0 Å². The van der Waals surface area contributed by atoms with Gasteiger partial charge < -0.3 is 16.0 Å². The lowest BCUT2D eigenvalue weighted by molar-refractivity contribution is -0.405. The maximum absolute atomic E-state index is 12.8. The van der Waals surface area contributed by atoms with Gasteiger partial charge in [-0.05, 0) is 30.5 Å². The van der Waals surface area contributed by atoms with Crippen LogP contribution >= 0.6 is 0 Å². The molecule has 3 rings (SSSR count). The molecule has 0 saturated carbocycles. The van der Waals surface area contributed by atoms with Gasteiger partial charge in [0.25, 0.3) is 5.91 Å². The van der Waals surface area contributed by atoms with E-state index in [1.165, 1.54) is 0 Å². The zero-order chi connectivity index (χ0) is 18.4. The van der Waals surface area contributed by atoms with E-state index in [9.17, 15) is 9.59 Å². The molecule has 0 radical (unpaired) electrons. The van der Waals surface area contributed by atoms with Crippen molar-refractivity contribution in [3.05, 3.63) is 66.0 Å². The van der Waals surface area contributed by atoms with Crippen LogP contribution in [-0.4, -0.2) is 40.3 Å². The first-order chi connectivity index (χ1) is 12.6. The Morgan fingerprint density at radius 2 is 1.96 bits per heavy atom. The predicted molar refractivity (Wildman–Crippen MR) is 97.6 cm³/mol. The van der Waals surface area contributed by atoms with Crippen molar-refractivity contribution in [1.29, 1.82) is 0 Å². The van der Waals surface area contributed by atoms with Gasteiger partial charge in [-0.25, -0.2) is 0 Å². The number of nitrogens with one attached hydrogen (secondary N) is 1. The molecule has 0 bridgehead atoms. The second kappa shape index (κ2) is 8.58. The Morgan fingerprint density at radius 3 is 2.69 bits per heavy atom. The molecule has 1 aliphatic rings. The number of quaternary nitrogens is 1. The van der Waals surface area contributed by atoms with Gasteiger partial charge in [0.15, 0.2) is 6.04 Å². The van der Waals surface area contributed by atoms with E-state index in [2.05, 4.69) is 16.0 Å². The van der Waals surface area contributed by atoms with Gasteiger partial charge in [-0.1, -0.05) is 36.4 Å². The number of hydrogen-bond acceptors (Lipinski definition) is 3. The number of aromatic nitrogens is 1. The smallest absolute Gasteiger partial charge is 0.281 e. The Labute approximate surface area is 153 Å². The van der Waals surface area contributed by atoms with Gasteiger partial charge in [-0.3, -0.25) is 14.6 Å². The number of carbonyl (C=O) groups excluding carboxylic acids is 2. The molecule has 0 unspecified atom stereocenters. The van der Waals surface area contributed by atoms with E-state index in [0.29, 0.717) is 25.9 Å². The van der Waals surface area contributed by atoms with Crippen LogP contribution in [0.2, 0.25) is 0 Å². The highest BCUT2D eigenvalue weighted by Crippen LogP contribution is 2.19. The van der Waals surface area contributed by atoms with E-state index < -0.39 is 6.04 Å². The second-order valence-corrected chi connectivity index (χ2v) is 6.62. The lowest BCUT2D eigenvalue weighted by atomic mass is 10.1. The van der Waals surface area contributed by atoms with Crippen LogP contribution in [0.25, 0.3) is 0 Å². The normalized spacial score (nSPS) is 17.7. The van der Waals surface area contributed by atoms with Crippen LogP contribution in [0.3, 0.4) is 0 Å². The molecule has 4 N–H and O–H groups in total. The minimum absolute atomic E-state index is 0.0515. The fourth-order valence-electron chi connectivity index (χ4n) is 3.32. The first-order valence-electron chi connectivity index (χ1n) is 9.00. The number of pyridine rings is 1. The lowest BCUT2D eigenvalue weighted by Crippen LogP contribution is -2.69. The Hall–Kier alpha value is -2.73. The van der Waals surface area contributed by atoms with Gasteiger partial charge in [-0.15, -0.1) is 0 Å². The Morgan fingerprint density at radius 1 is 1.19 bits per heavy atom. The first kappa shape index (κ1) is 18.1. The molecule has 6 heteroatoms. The van der Waals surface area contributed by atoms with Crippen molar-refractivity contribution in [2.24, 2.45) is 0 Å². The van der Waals surface area contributed by atoms with E-state index in [0.717, 1.165) is 17.7 Å². The van der Waals surface area contributed by atoms with E-state index in [1.54, 1.807) is 11.1 Å². The van der Waals surface area contributed by atoms with Crippen molar-refractivity contribution in [3.63, 3.8) is 0 Å². The summed E-state index contributed by atoms with van der Waals surface area (Å²) in [5.41, 5.74) is 5.91. The van der Waals surface area contributed by atoms with E-state index in [4.69, 9.17) is 0 Å². The number of likely N-dealkylation sites (tertiary alicyclic amines) is 1. The third kappa shape index (κ3) is 4.46. The van der Waals surface area contributed by atoms with Crippen LogP contribution in [0.4, 0.5) is 0 Å². The molecule has 0 aliphatic carbocycles. The van der Waals surface area contributed by atoms with Gasteiger partial charge >= 0.3 is 0 Å².